The van der Waals surface area contributed by atoms with E-state index in [9.17, 15) is 4.79 Å². The van der Waals surface area contributed by atoms with Gasteiger partial charge in [0.1, 0.15) is 0 Å². The lowest BCUT2D eigenvalue weighted by molar-refractivity contribution is 0.735. The molecule has 0 saturated carbocycles. The van der Waals surface area contributed by atoms with E-state index in [0.717, 1.165) is 15.9 Å². The number of nitrogens with zero attached hydrogens (tertiary/aromatic N) is 2. The van der Waals surface area contributed by atoms with Crippen molar-refractivity contribution in [2.24, 2.45) is 4.99 Å². The first-order valence-corrected chi connectivity index (χ1v) is 8.76. The van der Waals surface area contributed by atoms with Gasteiger partial charge in [-0.15, -0.1) is 0 Å². The Hall–Kier alpha value is -1.98. The second-order valence-electron chi connectivity index (χ2n) is 4.59. The molecule has 0 fully saturated rings. The Bertz CT molecular complexity index is 816. The molecule has 0 aliphatic heterocycles. The van der Waals surface area contributed by atoms with Crippen LogP contribution in [0.25, 0.3) is 0 Å². The number of rotatable bonds is 4. The van der Waals surface area contributed by atoms with Crippen LogP contribution in [0.15, 0.2) is 70.5 Å². The molecule has 0 unspecified atom stereocenters. The van der Waals surface area contributed by atoms with Gasteiger partial charge in [0.15, 0.2) is 4.80 Å². The van der Waals surface area contributed by atoms with Crippen LogP contribution in [0.5, 0.6) is 0 Å². The first-order chi connectivity index (χ1) is 10.3. The minimum atomic E-state index is 0.0515. The summed E-state index contributed by atoms with van der Waals surface area (Å²) in [5.74, 6) is 0. The highest BCUT2D eigenvalue weighted by Crippen LogP contribution is 2.03. The summed E-state index contributed by atoms with van der Waals surface area (Å²) in [7, 11) is 2.68. The van der Waals surface area contributed by atoms with Gasteiger partial charge in [-0.05, 0) is 31.8 Å². The highest BCUT2D eigenvalue weighted by Gasteiger charge is 2.03. The fourth-order valence-electron chi connectivity index (χ4n) is 1.99. The molecule has 1 aromatic heterocycles. The van der Waals surface area contributed by atoms with Crippen molar-refractivity contribution in [3.63, 3.8) is 0 Å². The predicted octanol–water partition coefficient (Wildman–Crippen LogP) is 3.12. The summed E-state index contributed by atoms with van der Waals surface area (Å²) in [6.07, 6.45) is 0. The van der Waals surface area contributed by atoms with Crippen LogP contribution in [0.2, 0.25) is 0 Å². The zero-order valence-electron chi connectivity index (χ0n) is 11.3. The molecule has 0 saturated heterocycles. The summed E-state index contributed by atoms with van der Waals surface area (Å²) in [5, 5.41) is 0. The lowest BCUT2D eigenvalue weighted by Gasteiger charge is -2.01. The van der Waals surface area contributed by atoms with E-state index in [1.807, 2.05) is 60.7 Å². The van der Waals surface area contributed by atoms with E-state index in [2.05, 4.69) is 4.99 Å². The monoisotopic (exact) mass is 314 g/mol. The Balaban J connectivity index is 1.88. The van der Waals surface area contributed by atoms with Gasteiger partial charge in [-0.2, -0.15) is 0 Å². The normalized spacial score (nSPS) is 11.7. The Labute approximate surface area is 129 Å². The van der Waals surface area contributed by atoms with Gasteiger partial charge >= 0.3 is 4.87 Å². The molecule has 0 atom stereocenters. The molecular weight excluding hydrogens is 300 g/mol. The third-order valence-corrected chi connectivity index (χ3v) is 5.13. The summed E-state index contributed by atoms with van der Waals surface area (Å²) in [6, 6.07) is 20.1. The average molecular weight is 314 g/mol. The number of aromatic nitrogens is 1. The van der Waals surface area contributed by atoms with Crippen LogP contribution in [-0.2, 0) is 13.1 Å². The van der Waals surface area contributed by atoms with Crippen molar-refractivity contribution in [1.82, 2.24) is 4.57 Å². The molecule has 3 nitrogen and oxygen atoms in total. The SMILES string of the molecule is O=c1ssc(=NCc2ccccc2)n1Cc1ccccc1. The smallest absolute Gasteiger partial charge is 0.270 e. The maximum absolute atomic E-state index is 12.0. The van der Waals surface area contributed by atoms with Gasteiger partial charge in [0, 0.05) is 0 Å². The van der Waals surface area contributed by atoms with Gasteiger partial charge in [-0.25, -0.2) is 0 Å². The minimum Gasteiger partial charge on any atom is -0.270 e. The second-order valence-corrected chi connectivity index (χ2v) is 6.64. The van der Waals surface area contributed by atoms with Crippen molar-refractivity contribution in [2.75, 3.05) is 0 Å². The van der Waals surface area contributed by atoms with Gasteiger partial charge in [0.2, 0.25) is 0 Å². The highest BCUT2D eigenvalue weighted by atomic mass is 32.9. The Kier molecular flexibility index (Phi) is 4.43. The molecule has 0 radical (unpaired) electrons. The van der Waals surface area contributed by atoms with Crippen LogP contribution in [0, 0.1) is 0 Å². The number of hydrogen-bond donors (Lipinski definition) is 0. The van der Waals surface area contributed by atoms with Gasteiger partial charge in [-0.1, -0.05) is 60.7 Å². The predicted molar refractivity (Wildman–Crippen MR) is 87.7 cm³/mol. The van der Waals surface area contributed by atoms with E-state index in [0.29, 0.717) is 13.1 Å². The summed E-state index contributed by atoms with van der Waals surface area (Å²) < 4.78 is 1.74. The molecule has 1 heterocycles. The van der Waals surface area contributed by atoms with Crippen LogP contribution in [0.4, 0.5) is 0 Å². The summed E-state index contributed by atoms with van der Waals surface area (Å²) in [5.41, 5.74) is 2.26. The Morgan fingerprint density at radius 3 is 2.14 bits per heavy atom. The van der Waals surface area contributed by atoms with E-state index in [1.54, 1.807) is 4.57 Å². The fourth-order valence-corrected chi connectivity index (χ4v) is 3.93. The molecular formula is C16H14N2OS2. The van der Waals surface area contributed by atoms with Gasteiger partial charge in [-0.3, -0.25) is 14.4 Å². The number of hydrogen-bond acceptors (Lipinski definition) is 4. The standard InChI is InChI=1S/C16H14N2OS2/c19-16-18(12-14-9-5-2-6-10-14)15(20-21-16)17-11-13-7-3-1-4-8-13/h1-10H,11-12H2. The van der Waals surface area contributed by atoms with E-state index in [-0.39, 0.29) is 4.87 Å². The maximum atomic E-state index is 12.0. The van der Waals surface area contributed by atoms with Gasteiger partial charge in [0.25, 0.3) is 0 Å². The largest absolute Gasteiger partial charge is 0.319 e. The molecule has 0 N–H and O–H groups in total. The molecule has 21 heavy (non-hydrogen) atoms. The lowest BCUT2D eigenvalue weighted by Crippen LogP contribution is -2.25. The van der Waals surface area contributed by atoms with E-state index < -0.39 is 0 Å². The maximum Gasteiger partial charge on any atom is 0.319 e. The van der Waals surface area contributed by atoms with E-state index >= 15 is 0 Å². The third-order valence-electron chi connectivity index (χ3n) is 3.06. The molecule has 0 bridgehead atoms. The molecule has 0 amide bonds. The van der Waals surface area contributed by atoms with Crippen LogP contribution in [-0.4, -0.2) is 4.57 Å². The second kappa shape index (κ2) is 6.65. The van der Waals surface area contributed by atoms with Gasteiger partial charge in [0.05, 0.1) is 13.1 Å². The van der Waals surface area contributed by atoms with Crippen molar-refractivity contribution < 1.29 is 0 Å². The molecule has 106 valence electrons. The molecule has 0 spiro atoms. The summed E-state index contributed by atoms with van der Waals surface area (Å²) in [4.78, 5) is 17.4. The number of benzene rings is 2. The Morgan fingerprint density at radius 2 is 1.48 bits per heavy atom. The molecule has 0 aliphatic rings. The van der Waals surface area contributed by atoms with E-state index in [4.69, 9.17) is 0 Å². The third kappa shape index (κ3) is 3.56. The summed E-state index contributed by atoms with van der Waals surface area (Å²) in [6.45, 7) is 1.18. The lowest BCUT2D eigenvalue weighted by atomic mass is 10.2. The molecule has 0 aliphatic carbocycles. The van der Waals surface area contributed by atoms with Crippen LogP contribution in [0.1, 0.15) is 11.1 Å². The first kappa shape index (κ1) is 14.0. The first-order valence-electron chi connectivity index (χ1n) is 6.61. The van der Waals surface area contributed by atoms with Crippen LogP contribution in [0.3, 0.4) is 0 Å². The molecule has 2 aromatic carbocycles. The van der Waals surface area contributed by atoms with Crippen molar-refractivity contribution >= 4 is 20.7 Å². The molecule has 3 aromatic rings. The van der Waals surface area contributed by atoms with Crippen LogP contribution < -0.4 is 9.67 Å². The Morgan fingerprint density at radius 1 is 0.857 bits per heavy atom. The average Bonchev–Trinajstić information content (AvgIpc) is 2.88. The van der Waals surface area contributed by atoms with Crippen molar-refractivity contribution in [2.45, 2.75) is 13.1 Å². The van der Waals surface area contributed by atoms with Crippen molar-refractivity contribution in [3.05, 3.63) is 86.3 Å². The van der Waals surface area contributed by atoms with Gasteiger partial charge < -0.3 is 0 Å². The van der Waals surface area contributed by atoms with E-state index in [1.165, 1.54) is 20.7 Å². The molecule has 3 rings (SSSR count). The quantitative estimate of drug-likeness (QED) is 0.681. The van der Waals surface area contributed by atoms with Crippen molar-refractivity contribution in [1.29, 1.82) is 0 Å². The van der Waals surface area contributed by atoms with Crippen LogP contribution >= 0.6 is 20.7 Å². The molecule has 5 heteroatoms. The fraction of sp³-hybridized carbons (Fsp3) is 0.125. The zero-order valence-corrected chi connectivity index (χ0v) is 12.9. The summed E-state index contributed by atoms with van der Waals surface area (Å²) >= 11 is 0. The van der Waals surface area contributed by atoms with Crippen molar-refractivity contribution in [3.8, 4) is 0 Å². The minimum absolute atomic E-state index is 0.0515. The zero-order chi connectivity index (χ0) is 14.5. The topological polar surface area (TPSA) is 34.4 Å². The highest BCUT2D eigenvalue weighted by molar-refractivity contribution is 7.67.